The molecule has 4 heteroatoms. The second-order valence-electron chi connectivity index (χ2n) is 6.63. The van der Waals surface area contributed by atoms with Gasteiger partial charge in [-0.3, -0.25) is 0 Å². The Bertz CT molecular complexity index is 763. The first-order valence-corrected chi connectivity index (χ1v) is 8.58. The summed E-state index contributed by atoms with van der Waals surface area (Å²) < 4.78 is 5.57. The van der Waals surface area contributed by atoms with E-state index in [1.165, 1.54) is 35.1 Å². The maximum Gasteiger partial charge on any atom is 0.191 e. The quantitative estimate of drug-likeness (QED) is 0.695. The van der Waals surface area contributed by atoms with Crippen molar-refractivity contribution < 1.29 is 4.74 Å². The highest BCUT2D eigenvalue weighted by Gasteiger charge is 2.27. The molecule has 0 atom stereocenters. The fourth-order valence-electron chi connectivity index (χ4n) is 3.10. The van der Waals surface area contributed by atoms with Gasteiger partial charge in [0.05, 0.1) is 13.2 Å². The van der Waals surface area contributed by atoms with Gasteiger partial charge in [-0.25, -0.2) is 4.99 Å². The highest BCUT2D eigenvalue weighted by atomic mass is 16.5. The van der Waals surface area contributed by atoms with E-state index in [1.807, 2.05) is 7.05 Å². The summed E-state index contributed by atoms with van der Waals surface area (Å²) in [5.41, 5.74) is 11.0. The Morgan fingerprint density at radius 2 is 1.92 bits per heavy atom. The first-order valence-electron chi connectivity index (χ1n) is 8.58. The normalized spacial score (nSPS) is 16.6. The number of fused-ring (bicyclic) bond motifs is 1. The summed E-state index contributed by atoms with van der Waals surface area (Å²) in [4.78, 5) is 6.59. The molecule has 4 nitrogen and oxygen atoms in total. The van der Waals surface area contributed by atoms with Gasteiger partial charge in [0.25, 0.3) is 0 Å². The number of hydrogen-bond donors (Lipinski definition) is 1. The molecule has 1 aliphatic carbocycles. The van der Waals surface area contributed by atoms with E-state index in [0.717, 1.165) is 18.8 Å². The van der Waals surface area contributed by atoms with E-state index in [2.05, 4.69) is 52.4 Å². The van der Waals surface area contributed by atoms with Crippen molar-refractivity contribution in [2.75, 3.05) is 13.7 Å². The predicted octanol–water partition coefficient (Wildman–Crippen LogP) is 3.20. The Morgan fingerprint density at radius 1 is 1.17 bits per heavy atom. The Morgan fingerprint density at radius 3 is 2.67 bits per heavy atom. The molecular weight excluding hydrogens is 298 g/mol. The third-order valence-corrected chi connectivity index (χ3v) is 4.86. The summed E-state index contributed by atoms with van der Waals surface area (Å²) in [6, 6.07) is 15.6. The van der Waals surface area contributed by atoms with Crippen LogP contribution in [0.4, 0.5) is 0 Å². The zero-order valence-electron chi connectivity index (χ0n) is 14.0. The van der Waals surface area contributed by atoms with Crippen molar-refractivity contribution in [3.05, 3.63) is 53.6 Å². The third kappa shape index (κ3) is 3.09. The predicted molar refractivity (Wildman–Crippen MR) is 97.2 cm³/mol. The lowest BCUT2D eigenvalue weighted by atomic mass is 10.0. The van der Waals surface area contributed by atoms with Crippen LogP contribution in [0.5, 0.6) is 5.75 Å². The zero-order valence-corrected chi connectivity index (χ0v) is 14.0. The molecule has 0 spiro atoms. The highest BCUT2D eigenvalue weighted by Crippen LogP contribution is 2.30. The standard InChI is InChI=1S/C20H23N3O/c1-23(18-7-8-18)20(21)22-13-14-2-4-15(5-3-14)16-6-9-19-17(12-16)10-11-24-19/h2-6,9,12,18H,7-8,10-11,13H2,1H3,(H2,21,22). The van der Waals surface area contributed by atoms with Crippen molar-refractivity contribution in [1.82, 2.24) is 4.90 Å². The van der Waals surface area contributed by atoms with Gasteiger partial charge >= 0.3 is 0 Å². The van der Waals surface area contributed by atoms with Gasteiger partial charge < -0.3 is 15.4 Å². The molecule has 1 aliphatic heterocycles. The van der Waals surface area contributed by atoms with Crippen LogP contribution in [-0.4, -0.2) is 30.6 Å². The molecule has 0 bridgehead atoms. The van der Waals surface area contributed by atoms with Crippen LogP contribution in [-0.2, 0) is 13.0 Å². The monoisotopic (exact) mass is 321 g/mol. The molecule has 2 aromatic carbocycles. The molecule has 2 aliphatic rings. The molecular formula is C20H23N3O. The van der Waals surface area contributed by atoms with Crippen LogP contribution in [0.2, 0.25) is 0 Å². The molecule has 4 rings (SSSR count). The molecule has 0 aromatic heterocycles. The Hall–Kier alpha value is -2.49. The first kappa shape index (κ1) is 15.1. The number of benzene rings is 2. The molecule has 1 fully saturated rings. The Kier molecular flexibility index (Phi) is 3.89. The summed E-state index contributed by atoms with van der Waals surface area (Å²) in [6.45, 7) is 1.42. The Labute approximate surface area is 143 Å². The van der Waals surface area contributed by atoms with Crippen LogP contribution in [0.1, 0.15) is 24.0 Å². The van der Waals surface area contributed by atoms with Crippen molar-refractivity contribution in [3.63, 3.8) is 0 Å². The highest BCUT2D eigenvalue weighted by molar-refractivity contribution is 5.78. The van der Waals surface area contributed by atoms with Crippen molar-refractivity contribution in [2.45, 2.75) is 31.8 Å². The molecule has 2 N–H and O–H groups in total. The molecule has 1 heterocycles. The molecule has 0 unspecified atom stereocenters. The lowest BCUT2D eigenvalue weighted by Gasteiger charge is -2.16. The zero-order chi connectivity index (χ0) is 16.5. The number of guanidine groups is 1. The number of aliphatic imine (C=N–C) groups is 1. The van der Waals surface area contributed by atoms with Crippen LogP contribution < -0.4 is 10.5 Å². The summed E-state index contributed by atoms with van der Waals surface area (Å²) in [5.74, 6) is 1.67. The van der Waals surface area contributed by atoms with E-state index in [-0.39, 0.29) is 0 Å². The number of rotatable bonds is 4. The number of nitrogens with two attached hydrogens (primary N) is 1. The van der Waals surface area contributed by atoms with Crippen LogP contribution >= 0.6 is 0 Å². The maximum absolute atomic E-state index is 6.04. The summed E-state index contributed by atoms with van der Waals surface area (Å²) in [5, 5.41) is 0. The molecule has 0 saturated heterocycles. The van der Waals surface area contributed by atoms with Crippen LogP contribution in [0.15, 0.2) is 47.5 Å². The second kappa shape index (κ2) is 6.19. The van der Waals surface area contributed by atoms with E-state index in [9.17, 15) is 0 Å². The smallest absolute Gasteiger partial charge is 0.191 e. The average molecular weight is 321 g/mol. The van der Waals surface area contributed by atoms with E-state index in [0.29, 0.717) is 18.5 Å². The lowest BCUT2D eigenvalue weighted by Crippen LogP contribution is -2.35. The summed E-state index contributed by atoms with van der Waals surface area (Å²) in [7, 11) is 2.02. The summed E-state index contributed by atoms with van der Waals surface area (Å²) >= 11 is 0. The van der Waals surface area contributed by atoms with Crippen LogP contribution in [0, 0.1) is 0 Å². The fraction of sp³-hybridized carbons (Fsp3) is 0.350. The van der Waals surface area contributed by atoms with Crippen molar-refractivity contribution in [1.29, 1.82) is 0 Å². The molecule has 1 saturated carbocycles. The van der Waals surface area contributed by atoms with Gasteiger partial charge in [-0.15, -0.1) is 0 Å². The van der Waals surface area contributed by atoms with Gasteiger partial charge in [0, 0.05) is 19.5 Å². The lowest BCUT2D eigenvalue weighted by molar-refractivity contribution is 0.357. The van der Waals surface area contributed by atoms with Gasteiger partial charge in [0.2, 0.25) is 0 Å². The molecule has 0 amide bonds. The van der Waals surface area contributed by atoms with Crippen molar-refractivity contribution >= 4 is 5.96 Å². The van der Waals surface area contributed by atoms with E-state index in [1.54, 1.807) is 0 Å². The van der Waals surface area contributed by atoms with Crippen LogP contribution in [0.3, 0.4) is 0 Å². The SMILES string of the molecule is CN(C(N)=NCc1ccc(-c2ccc3c(c2)CCO3)cc1)C1CC1. The minimum atomic E-state index is 0.597. The number of ether oxygens (including phenoxy) is 1. The van der Waals surface area contributed by atoms with Gasteiger partial charge in [-0.05, 0) is 47.2 Å². The number of hydrogen-bond acceptors (Lipinski definition) is 2. The Balaban J connectivity index is 1.45. The topological polar surface area (TPSA) is 50.8 Å². The van der Waals surface area contributed by atoms with Gasteiger partial charge in [0.1, 0.15) is 5.75 Å². The molecule has 124 valence electrons. The van der Waals surface area contributed by atoms with E-state index >= 15 is 0 Å². The third-order valence-electron chi connectivity index (χ3n) is 4.86. The minimum Gasteiger partial charge on any atom is -0.493 e. The molecule has 2 aromatic rings. The van der Waals surface area contributed by atoms with E-state index in [4.69, 9.17) is 10.5 Å². The van der Waals surface area contributed by atoms with Crippen molar-refractivity contribution in [2.24, 2.45) is 10.7 Å². The first-order chi connectivity index (χ1) is 11.7. The average Bonchev–Trinajstić information content (AvgIpc) is 3.36. The van der Waals surface area contributed by atoms with Crippen molar-refractivity contribution in [3.8, 4) is 16.9 Å². The fourth-order valence-corrected chi connectivity index (χ4v) is 3.10. The maximum atomic E-state index is 6.04. The van der Waals surface area contributed by atoms with Gasteiger partial charge in [0.15, 0.2) is 5.96 Å². The van der Waals surface area contributed by atoms with Gasteiger partial charge in [-0.1, -0.05) is 30.3 Å². The molecule has 0 radical (unpaired) electrons. The second-order valence-corrected chi connectivity index (χ2v) is 6.63. The minimum absolute atomic E-state index is 0.597. The largest absolute Gasteiger partial charge is 0.493 e. The number of nitrogens with zero attached hydrogens (tertiary/aromatic N) is 2. The van der Waals surface area contributed by atoms with E-state index < -0.39 is 0 Å². The van der Waals surface area contributed by atoms with Crippen LogP contribution in [0.25, 0.3) is 11.1 Å². The summed E-state index contributed by atoms with van der Waals surface area (Å²) in [6.07, 6.45) is 3.46. The molecule has 24 heavy (non-hydrogen) atoms. The van der Waals surface area contributed by atoms with Gasteiger partial charge in [-0.2, -0.15) is 0 Å².